The number of benzene rings is 1. The normalized spacial score (nSPS) is 24.6. The molecule has 0 amide bonds. The van der Waals surface area contributed by atoms with Crippen LogP contribution in [0.5, 0.6) is 0 Å². The summed E-state index contributed by atoms with van der Waals surface area (Å²) in [5, 5.41) is 0. The van der Waals surface area contributed by atoms with Crippen LogP contribution in [0.3, 0.4) is 0 Å². The summed E-state index contributed by atoms with van der Waals surface area (Å²) in [6, 6.07) is 5.31. The molecule has 0 aromatic heterocycles. The smallest absolute Gasteiger partial charge is 0.124 e. The van der Waals surface area contributed by atoms with Crippen molar-refractivity contribution >= 4 is 15.9 Å². The fraction of sp³-hybridized carbons (Fsp3) is 0.625. The number of hydrogen-bond donors (Lipinski definition) is 2. The quantitative estimate of drug-likeness (QED) is 0.622. The average molecular weight is 343 g/mol. The van der Waals surface area contributed by atoms with Crippen LogP contribution in [-0.2, 0) is 6.42 Å². The molecule has 1 aliphatic rings. The number of nitrogens with one attached hydrogen (secondary N) is 1. The molecule has 1 unspecified atom stereocenters. The molecule has 112 valence electrons. The molecule has 0 bridgehead atoms. The predicted molar refractivity (Wildman–Crippen MR) is 84.7 cm³/mol. The second-order valence-electron chi connectivity index (χ2n) is 5.94. The molecule has 1 aromatic rings. The Hall–Kier alpha value is -0.450. The Kier molecular flexibility index (Phi) is 6.00. The van der Waals surface area contributed by atoms with Crippen molar-refractivity contribution in [1.82, 2.24) is 5.43 Å². The van der Waals surface area contributed by atoms with Gasteiger partial charge >= 0.3 is 0 Å². The minimum atomic E-state index is -0.195. The first-order valence-electron chi connectivity index (χ1n) is 7.53. The molecule has 3 N–H and O–H groups in total. The Labute approximate surface area is 129 Å². The van der Waals surface area contributed by atoms with E-state index in [1.807, 2.05) is 6.07 Å². The van der Waals surface area contributed by atoms with Crippen LogP contribution in [0.15, 0.2) is 22.7 Å². The second kappa shape index (κ2) is 7.53. The van der Waals surface area contributed by atoms with Crippen LogP contribution >= 0.6 is 15.9 Å². The van der Waals surface area contributed by atoms with Gasteiger partial charge in [-0.15, -0.1) is 0 Å². The average Bonchev–Trinajstić information content (AvgIpc) is 2.44. The third kappa shape index (κ3) is 4.27. The van der Waals surface area contributed by atoms with Crippen molar-refractivity contribution in [2.45, 2.75) is 51.5 Å². The topological polar surface area (TPSA) is 38.0 Å². The van der Waals surface area contributed by atoms with Gasteiger partial charge in [0.25, 0.3) is 0 Å². The minimum absolute atomic E-state index is 0.195. The first kappa shape index (κ1) is 15.9. The highest BCUT2D eigenvalue weighted by Gasteiger charge is 2.26. The van der Waals surface area contributed by atoms with Crippen LogP contribution in [0.1, 0.15) is 44.6 Å². The van der Waals surface area contributed by atoms with Crippen molar-refractivity contribution in [2.75, 3.05) is 0 Å². The first-order chi connectivity index (χ1) is 9.62. The van der Waals surface area contributed by atoms with E-state index in [0.29, 0.717) is 5.92 Å². The lowest BCUT2D eigenvalue weighted by atomic mass is 9.76. The van der Waals surface area contributed by atoms with Gasteiger partial charge in [-0.05, 0) is 54.9 Å². The van der Waals surface area contributed by atoms with Gasteiger partial charge < -0.3 is 0 Å². The Bertz CT molecular complexity index is 410. The summed E-state index contributed by atoms with van der Waals surface area (Å²) in [5.74, 6) is 7.03. The molecular weight excluding hydrogens is 319 g/mol. The van der Waals surface area contributed by atoms with Crippen LogP contribution < -0.4 is 11.3 Å². The lowest BCUT2D eigenvalue weighted by Crippen LogP contribution is -2.43. The predicted octanol–water partition coefficient (Wildman–Crippen LogP) is 4.18. The van der Waals surface area contributed by atoms with Gasteiger partial charge in [-0.1, -0.05) is 42.1 Å². The van der Waals surface area contributed by atoms with Crippen molar-refractivity contribution in [3.8, 4) is 0 Å². The maximum atomic E-state index is 13.4. The van der Waals surface area contributed by atoms with E-state index in [9.17, 15) is 4.39 Å². The molecule has 0 heterocycles. The number of hydrogen-bond acceptors (Lipinski definition) is 2. The van der Waals surface area contributed by atoms with Gasteiger partial charge in [0.05, 0.1) is 0 Å². The monoisotopic (exact) mass is 342 g/mol. The summed E-state index contributed by atoms with van der Waals surface area (Å²) in [5.41, 5.74) is 3.95. The zero-order valence-electron chi connectivity index (χ0n) is 12.0. The SMILES string of the molecule is CCC1CCC(C(Cc2cc(F)cc(Br)c2)NN)CC1. The van der Waals surface area contributed by atoms with Crippen LogP contribution in [0.4, 0.5) is 4.39 Å². The Morgan fingerprint density at radius 3 is 2.55 bits per heavy atom. The van der Waals surface area contributed by atoms with Crippen molar-refractivity contribution in [1.29, 1.82) is 0 Å². The van der Waals surface area contributed by atoms with Gasteiger partial charge in [-0.2, -0.15) is 0 Å². The number of hydrazine groups is 1. The van der Waals surface area contributed by atoms with E-state index in [2.05, 4.69) is 28.3 Å². The second-order valence-corrected chi connectivity index (χ2v) is 6.86. The maximum Gasteiger partial charge on any atom is 0.124 e. The molecule has 1 atom stereocenters. The van der Waals surface area contributed by atoms with Crippen LogP contribution in [0.2, 0.25) is 0 Å². The molecule has 1 saturated carbocycles. The fourth-order valence-corrected chi connectivity index (χ4v) is 3.86. The van der Waals surface area contributed by atoms with Crippen molar-refractivity contribution in [3.63, 3.8) is 0 Å². The molecule has 0 saturated heterocycles. The zero-order chi connectivity index (χ0) is 14.5. The van der Waals surface area contributed by atoms with Gasteiger partial charge in [-0.3, -0.25) is 11.3 Å². The molecule has 0 radical (unpaired) electrons. The standard InChI is InChI=1S/C16H24BrFN2/c1-2-11-3-5-13(6-4-11)16(20-19)9-12-7-14(17)10-15(18)8-12/h7-8,10-11,13,16,20H,2-6,9,19H2,1H3. The molecular formula is C16H24BrFN2. The van der Waals surface area contributed by atoms with Crippen molar-refractivity contribution in [3.05, 3.63) is 34.1 Å². The van der Waals surface area contributed by atoms with Crippen LogP contribution in [0.25, 0.3) is 0 Å². The lowest BCUT2D eigenvalue weighted by Gasteiger charge is -2.33. The van der Waals surface area contributed by atoms with E-state index in [1.54, 1.807) is 6.07 Å². The Morgan fingerprint density at radius 1 is 1.30 bits per heavy atom. The molecule has 2 rings (SSSR count). The number of nitrogens with two attached hydrogens (primary N) is 1. The molecule has 4 heteroatoms. The highest BCUT2D eigenvalue weighted by Crippen LogP contribution is 2.33. The lowest BCUT2D eigenvalue weighted by molar-refractivity contribution is 0.217. The summed E-state index contributed by atoms with van der Waals surface area (Å²) in [7, 11) is 0. The molecule has 1 fully saturated rings. The minimum Gasteiger partial charge on any atom is -0.271 e. The van der Waals surface area contributed by atoms with Crippen molar-refractivity contribution in [2.24, 2.45) is 17.7 Å². The Balaban J connectivity index is 1.98. The molecule has 2 nitrogen and oxygen atoms in total. The zero-order valence-corrected chi connectivity index (χ0v) is 13.6. The summed E-state index contributed by atoms with van der Waals surface area (Å²) < 4.78 is 14.2. The molecule has 0 spiro atoms. The van der Waals surface area contributed by atoms with E-state index in [4.69, 9.17) is 5.84 Å². The van der Waals surface area contributed by atoms with Gasteiger partial charge in [-0.25, -0.2) is 4.39 Å². The van der Waals surface area contributed by atoms with Gasteiger partial charge in [0.15, 0.2) is 0 Å². The van der Waals surface area contributed by atoms with Crippen LogP contribution in [0, 0.1) is 17.7 Å². The summed E-state index contributed by atoms with van der Waals surface area (Å²) in [4.78, 5) is 0. The summed E-state index contributed by atoms with van der Waals surface area (Å²) in [6.07, 6.45) is 7.12. The third-order valence-electron chi connectivity index (χ3n) is 4.63. The summed E-state index contributed by atoms with van der Waals surface area (Å²) >= 11 is 3.35. The maximum absolute atomic E-state index is 13.4. The largest absolute Gasteiger partial charge is 0.271 e. The van der Waals surface area contributed by atoms with E-state index in [1.165, 1.54) is 38.2 Å². The Morgan fingerprint density at radius 2 is 2.00 bits per heavy atom. The molecule has 0 aliphatic heterocycles. The highest BCUT2D eigenvalue weighted by molar-refractivity contribution is 9.10. The van der Waals surface area contributed by atoms with E-state index >= 15 is 0 Å². The highest BCUT2D eigenvalue weighted by atomic mass is 79.9. The third-order valence-corrected chi connectivity index (χ3v) is 5.09. The van der Waals surface area contributed by atoms with E-state index in [-0.39, 0.29) is 11.9 Å². The number of halogens is 2. The molecule has 1 aromatic carbocycles. The van der Waals surface area contributed by atoms with Crippen molar-refractivity contribution < 1.29 is 4.39 Å². The number of rotatable bonds is 5. The van der Waals surface area contributed by atoms with Gasteiger partial charge in [0.1, 0.15) is 5.82 Å². The fourth-order valence-electron chi connectivity index (χ4n) is 3.34. The first-order valence-corrected chi connectivity index (χ1v) is 8.32. The van der Waals surface area contributed by atoms with Crippen LogP contribution in [-0.4, -0.2) is 6.04 Å². The molecule has 1 aliphatic carbocycles. The van der Waals surface area contributed by atoms with Gasteiger partial charge in [0.2, 0.25) is 0 Å². The molecule has 20 heavy (non-hydrogen) atoms. The van der Waals surface area contributed by atoms with E-state index < -0.39 is 0 Å². The summed E-state index contributed by atoms with van der Waals surface area (Å²) in [6.45, 7) is 2.27. The van der Waals surface area contributed by atoms with Gasteiger partial charge in [0, 0.05) is 10.5 Å². The van der Waals surface area contributed by atoms with E-state index in [0.717, 1.165) is 22.4 Å².